The molecule has 1 amide bonds. The first-order valence-electron chi connectivity index (χ1n) is 11.2. The van der Waals surface area contributed by atoms with Crippen LogP contribution >= 0.6 is 23.2 Å². The third-order valence-electron chi connectivity index (χ3n) is 5.78. The van der Waals surface area contributed by atoms with E-state index in [0.717, 1.165) is 11.1 Å². The Hall–Kier alpha value is -4.01. The van der Waals surface area contributed by atoms with Crippen LogP contribution in [0.3, 0.4) is 0 Å². The van der Waals surface area contributed by atoms with Gasteiger partial charge in [-0.1, -0.05) is 47.5 Å². The average Bonchev–Trinajstić information content (AvgIpc) is 2.87. The smallest absolute Gasteiger partial charge is 0.456 e. The minimum Gasteiger partial charge on any atom is -0.456 e. The zero-order valence-corrected chi connectivity index (χ0v) is 20.7. The minimum atomic E-state index is -4.77. The highest BCUT2D eigenvalue weighted by Gasteiger charge is 2.31. The molecule has 1 heterocycles. The first-order chi connectivity index (χ1) is 18.1. The lowest BCUT2D eigenvalue weighted by atomic mass is 9.93. The number of hydrogen-bond acceptors (Lipinski definition) is 4. The summed E-state index contributed by atoms with van der Waals surface area (Å²) in [7, 11) is 0. The molecule has 2 aliphatic rings. The predicted molar refractivity (Wildman–Crippen MR) is 139 cm³/mol. The van der Waals surface area contributed by atoms with Crippen molar-refractivity contribution in [1.82, 2.24) is 5.32 Å². The number of halogens is 5. The number of hydrogen-bond donors (Lipinski definition) is 1. The molecule has 5 rings (SSSR count). The van der Waals surface area contributed by atoms with Crippen LogP contribution in [0.2, 0.25) is 10.0 Å². The van der Waals surface area contributed by atoms with Gasteiger partial charge in [0.2, 0.25) is 5.43 Å². The molecule has 0 bridgehead atoms. The van der Waals surface area contributed by atoms with Gasteiger partial charge in [-0.15, -0.1) is 13.2 Å². The predicted octanol–water partition coefficient (Wildman–Crippen LogP) is 7.70. The van der Waals surface area contributed by atoms with Crippen LogP contribution in [0.4, 0.5) is 13.2 Å². The lowest BCUT2D eigenvalue weighted by Crippen LogP contribution is -2.22. The van der Waals surface area contributed by atoms with Gasteiger partial charge in [0, 0.05) is 39.7 Å². The molecule has 192 valence electrons. The van der Waals surface area contributed by atoms with E-state index in [9.17, 15) is 22.8 Å². The van der Waals surface area contributed by atoms with Gasteiger partial charge in [0.1, 0.15) is 17.1 Å². The van der Waals surface area contributed by atoms with E-state index >= 15 is 0 Å². The van der Waals surface area contributed by atoms with Crippen molar-refractivity contribution in [2.24, 2.45) is 0 Å². The van der Waals surface area contributed by atoms with Crippen molar-refractivity contribution in [2.45, 2.75) is 12.9 Å². The summed E-state index contributed by atoms with van der Waals surface area (Å²) in [5.41, 5.74) is 3.21. The molecule has 3 aromatic carbocycles. The number of carbonyl (C=O) groups is 1. The average molecular weight is 558 g/mol. The second-order valence-electron chi connectivity index (χ2n) is 8.35. The maximum Gasteiger partial charge on any atom is 0.573 e. The van der Waals surface area contributed by atoms with Gasteiger partial charge in [0.25, 0.3) is 5.91 Å². The summed E-state index contributed by atoms with van der Waals surface area (Å²) in [6.07, 6.45) is -4.77. The van der Waals surface area contributed by atoms with Crippen LogP contribution in [0.15, 0.2) is 88.1 Å². The van der Waals surface area contributed by atoms with Gasteiger partial charge in [-0.2, -0.15) is 0 Å². The zero-order valence-electron chi connectivity index (χ0n) is 19.2. The first-order valence-corrected chi connectivity index (χ1v) is 11.9. The molecule has 0 saturated heterocycles. The lowest BCUT2D eigenvalue weighted by Gasteiger charge is -2.16. The maximum absolute atomic E-state index is 12.7. The van der Waals surface area contributed by atoms with Crippen LogP contribution in [-0.2, 0) is 6.54 Å². The van der Waals surface area contributed by atoms with Crippen molar-refractivity contribution in [1.29, 1.82) is 0 Å². The van der Waals surface area contributed by atoms with E-state index in [1.54, 1.807) is 48.5 Å². The van der Waals surface area contributed by atoms with Crippen LogP contribution in [0.5, 0.6) is 5.75 Å². The highest BCUT2D eigenvalue weighted by molar-refractivity contribution is 6.32. The summed E-state index contributed by atoms with van der Waals surface area (Å²) >= 11 is 12.4. The SMILES string of the molecule is O=C(NCc1ccc(OC(F)(F)F)cc1)c1ccc(-c2c3cc(Cl)c(=O)cc-3oc3ccc(Cl)cc23)cc1. The monoisotopic (exact) mass is 557 g/mol. The largest absolute Gasteiger partial charge is 0.573 e. The van der Waals surface area contributed by atoms with Crippen molar-refractivity contribution in [3.63, 3.8) is 0 Å². The molecular weight excluding hydrogens is 542 g/mol. The molecule has 1 aliphatic heterocycles. The van der Waals surface area contributed by atoms with Gasteiger partial charge in [-0.25, -0.2) is 0 Å². The Morgan fingerprint density at radius 2 is 1.63 bits per heavy atom. The molecule has 0 aromatic heterocycles. The molecule has 3 aromatic rings. The molecule has 1 N–H and O–H groups in total. The van der Waals surface area contributed by atoms with Crippen molar-refractivity contribution in [2.75, 3.05) is 0 Å². The molecule has 0 spiro atoms. The van der Waals surface area contributed by atoms with Gasteiger partial charge in [-0.3, -0.25) is 9.59 Å². The highest BCUT2D eigenvalue weighted by Crippen LogP contribution is 2.41. The van der Waals surface area contributed by atoms with Gasteiger partial charge >= 0.3 is 6.36 Å². The number of rotatable bonds is 5. The Morgan fingerprint density at radius 3 is 2.32 bits per heavy atom. The Bertz CT molecular complexity index is 1680. The summed E-state index contributed by atoms with van der Waals surface area (Å²) < 4.78 is 46.7. The second-order valence-corrected chi connectivity index (χ2v) is 9.19. The van der Waals surface area contributed by atoms with Gasteiger partial charge in [0.15, 0.2) is 0 Å². The number of nitrogens with one attached hydrogen (secondary N) is 1. The number of alkyl halides is 3. The third kappa shape index (κ3) is 5.46. The van der Waals surface area contributed by atoms with Crippen LogP contribution in [0.25, 0.3) is 33.4 Å². The van der Waals surface area contributed by atoms with Crippen molar-refractivity contribution in [3.05, 3.63) is 110 Å². The topological polar surface area (TPSA) is 68.5 Å². The van der Waals surface area contributed by atoms with Crippen molar-refractivity contribution >= 4 is 40.1 Å². The van der Waals surface area contributed by atoms with Gasteiger partial charge in [0.05, 0.1) is 5.02 Å². The van der Waals surface area contributed by atoms with Crippen LogP contribution in [0, 0.1) is 0 Å². The van der Waals surface area contributed by atoms with E-state index in [0.29, 0.717) is 38.4 Å². The Kier molecular flexibility index (Phi) is 6.77. The van der Waals surface area contributed by atoms with E-state index in [4.69, 9.17) is 27.6 Å². The molecule has 10 heteroatoms. The first kappa shape index (κ1) is 25.6. The number of ether oxygens (including phenoxy) is 1. The molecule has 1 aliphatic carbocycles. The number of benzene rings is 4. The molecule has 38 heavy (non-hydrogen) atoms. The Morgan fingerprint density at radius 1 is 0.921 bits per heavy atom. The van der Waals surface area contributed by atoms with Crippen molar-refractivity contribution < 1.29 is 27.1 Å². The molecule has 0 saturated carbocycles. The maximum atomic E-state index is 12.7. The zero-order chi connectivity index (χ0) is 27.0. The molecule has 0 unspecified atom stereocenters. The highest BCUT2D eigenvalue weighted by atomic mass is 35.5. The Balaban J connectivity index is 1.41. The van der Waals surface area contributed by atoms with E-state index in [2.05, 4.69) is 10.1 Å². The Labute approximate surface area is 223 Å². The van der Waals surface area contributed by atoms with Crippen LogP contribution < -0.4 is 15.5 Å². The molecule has 0 fully saturated rings. The quantitative estimate of drug-likeness (QED) is 0.225. The van der Waals surface area contributed by atoms with E-state index < -0.39 is 6.36 Å². The van der Waals surface area contributed by atoms with Crippen molar-refractivity contribution in [3.8, 4) is 28.2 Å². The van der Waals surface area contributed by atoms with Crippen LogP contribution in [0.1, 0.15) is 15.9 Å². The fourth-order valence-corrected chi connectivity index (χ4v) is 4.39. The van der Waals surface area contributed by atoms with Crippen LogP contribution in [-0.4, -0.2) is 12.3 Å². The van der Waals surface area contributed by atoms with Gasteiger partial charge < -0.3 is 14.5 Å². The summed E-state index contributed by atoms with van der Waals surface area (Å²) in [5.74, 6) is -0.351. The third-order valence-corrected chi connectivity index (χ3v) is 6.31. The number of carbonyl (C=O) groups excluding carboxylic acids is 1. The lowest BCUT2D eigenvalue weighted by molar-refractivity contribution is -0.274. The molecule has 0 atom stereocenters. The second kappa shape index (κ2) is 10.0. The standard InChI is InChI=1S/C28H16Cl2F3NO4/c29-18-7-10-24-20(11-18)26(21-12-22(30)23(35)13-25(21)37-24)16-3-5-17(6-4-16)27(36)34-14-15-1-8-19(9-2-15)38-28(31,32)33/h1-13H,14H2,(H,34,36). The normalized spacial score (nSPS) is 11.6. The molecular formula is C28H16Cl2F3NO4. The molecule has 5 nitrogen and oxygen atoms in total. The number of amides is 1. The summed E-state index contributed by atoms with van der Waals surface area (Å²) in [6.45, 7) is 0.108. The van der Waals surface area contributed by atoms with E-state index in [-0.39, 0.29) is 28.7 Å². The van der Waals surface area contributed by atoms with E-state index in [1.165, 1.54) is 30.3 Å². The fourth-order valence-electron chi connectivity index (χ4n) is 4.06. The van der Waals surface area contributed by atoms with Gasteiger partial charge in [-0.05, 0) is 59.7 Å². The molecule has 0 radical (unpaired) electrons. The van der Waals surface area contributed by atoms with E-state index in [1.807, 2.05) is 0 Å². The fraction of sp³-hybridized carbons (Fsp3) is 0.0714. The number of fused-ring (bicyclic) bond motifs is 2. The summed E-state index contributed by atoms with van der Waals surface area (Å²) in [4.78, 5) is 24.8. The summed E-state index contributed by atoms with van der Waals surface area (Å²) in [6, 6.07) is 20.0. The minimum absolute atomic E-state index is 0.0457. The summed E-state index contributed by atoms with van der Waals surface area (Å²) in [5, 5.41) is 3.98.